The zero-order valence-corrected chi connectivity index (χ0v) is 16.0. The number of benzene rings is 2. The van der Waals surface area contributed by atoms with E-state index in [0.29, 0.717) is 24.0 Å². The fraction of sp³-hybridized carbons (Fsp3) is 0.304. The lowest BCUT2D eigenvalue weighted by molar-refractivity contribution is -0.134. The normalized spacial score (nSPS) is 23.0. The van der Waals surface area contributed by atoms with E-state index in [1.54, 1.807) is 0 Å². The van der Waals surface area contributed by atoms with Crippen molar-refractivity contribution in [3.05, 3.63) is 83.4 Å². The molecule has 0 bridgehead atoms. The molecule has 4 rings (SSSR count). The summed E-state index contributed by atoms with van der Waals surface area (Å²) in [5.41, 5.74) is 3.91. The van der Waals surface area contributed by atoms with Gasteiger partial charge in [-0.3, -0.25) is 4.90 Å². The van der Waals surface area contributed by atoms with Crippen LogP contribution in [0, 0.1) is 5.92 Å². The molecule has 2 aliphatic rings. The van der Waals surface area contributed by atoms with E-state index >= 15 is 0 Å². The van der Waals surface area contributed by atoms with E-state index in [9.17, 15) is 14.7 Å². The number of fused-ring (bicyclic) bond motifs is 3. The summed E-state index contributed by atoms with van der Waals surface area (Å²) in [7, 11) is 0. The number of piperidine rings is 1. The summed E-state index contributed by atoms with van der Waals surface area (Å²) in [6, 6.07) is 19.1. The van der Waals surface area contributed by atoms with Crippen LogP contribution in [0.1, 0.15) is 35.1 Å². The van der Waals surface area contributed by atoms with Gasteiger partial charge in [0.2, 0.25) is 0 Å². The minimum Gasteiger partial charge on any atom is -0.478 e. The number of aliphatic hydroxyl groups excluding tert-OH is 1. The average molecular weight is 395 g/mol. The van der Waals surface area contributed by atoms with Gasteiger partial charge < -0.3 is 15.3 Å². The first kappa shape index (κ1) is 20.8. The quantitative estimate of drug-likeness (QED) is 0.689. The molecule has 0 saturated carbocycles. The van der Waals surface area contributed by atoms with E-state index < -0.39 is 11.9 Å². The van der Waals surface area contributed by atoms with Crippen LogP contribution in [0.3, 0.4) is 0 Å². The van der Waals surface area contributed by atoms with Crippen LogP contribution in [0.5, 0.6) is 0 Å². The molecule has 0 spiro atoms. The molecule has 1 fully saturated rings. The summed E-state index contributed by atoms with van der Waals surface area (Å²) in [4.78, 5) is 21.6. The van der Waals surface area contributed by atoms with Gasteiger partial charge in [-0.2, -0.15) is 0 Å². The average Bonchev–Trinajstić information content (AvgIpc) is 3.00. The van der Waals surface area contributed by atoms with E-state index in [-0.39, 0.29) is 6.10 Å². The highest BCUT2D eigenvalue weighted by atomic mass is 16.4. The number of hydrogen-bond donors (Lipinski definition) is 3. The zero-order valence-electron chi connectivity index (χ0n) is 16.0. The molecule has 1 aliphatic heterocycles. The van der Waals surface area contributed by atoms with Gasteiger partial charge >= 0.3 is 11.9 Å². The molecule has 1 aliphatic carbocycles. The second-order valence-corrected chi connectivity index (χ2v) is 7.36. The molecular weight excluding hydrogens is 370 g/mol. The van der Waals surface area contributed by atoms with Crippen molar-refractivity contribution < 1.29 is 24.9 Å². The van der Waals surface area contributed by atoms with Crippen LogP contribution >= 0.6 is 0 Å². The predicted molar refractivity (Wildman–Crippen MR) is 108 cm³/mol. The van der Waals surface area contributed by atoms with Crippen LogP contribution in [0.4, 0.5) is 0 Å². The molecule has 6 heteroatoms. The number of carboxylic acid groups (broad SMARTS) is 2. The first-order valence-corrected chi connectivity index (χ1v) is 9.63. The molecule has 29 heavy (non-hydrogen) atoms. The Labute approximate surface area is 169 Å². The van der Waals surface area contributed by atoms with Gasteiger partial charge in [0.1, 0.15) is 0 Å². The maximum Gasteiger partial charge on any atom is 0.328 e. The summed E-state index contributed by atoms with van der Waals surface area (Å²) in [5.74, 6) is -1.61. The lowest BCUT2D eigenvalue weighted by Gasteiger charge is -2.36. The van der Waals surface area contributed by atoms with Crippen molar-refractivity contribution in [3.63, 3.8) is 0 Å². The number of carbonyl (C=O) groups is 2. The number of rotatable bonds is 4. The van der Waals surface area contributed by atoms with Gasteiger partial charge in [0.05, 0.1) is 6.10 Å². The summed E-state index contributed by atoms with van der Waals surface area (Å²) in [6.45, 7) is 3.16. The fourth-order valence-electron chi connectivity index (χ4n) is 4.22. The minimum atomic E-state index is -1.26. The lowest BCUT2D eigenvalue weighted by Crippen LogP contribution is -2.38. The summed E-state index contributed by atoms with van der Waals surface area (Å²) >= 11 is 0. The largest absolute Gasteiger partial charge is 0.478 e. The van der Waals surface area contributed by atoms with Crippen LogP contribution in [0.2, 0.25) is 0 Å². The zero-order chi connectivity index (χ0) is 20.8. The van der Waals surface area contributed by atoms with Gasteiger partial charge in [-0.25, -0.2) is 9.59 Å². The van der Waals surface area contributed by atoms with E-state index in [1.165, 1.54) is 11.1 Å². The number of hydrogen-bond acceptors (Lipinski definition) is 4. The van der Waals surface area contributed by atoms with Crippen LogP contribution in [0.15, 0.2) is 66.7 Å². The van der Waals surface area contributed by atoms with Crippen LogP contribution in [-0.2, 0) is 16.1 Å². The Hall–Kier alpha value is -2.96. The highest BCUT2D eigenvalue weighted by Crippen LogP contribution is 2.49. The Morgan fingerprint density at radius 1 is 0.931 bits per heavy atom. The topological polar surface area (TPSA) is 98.1 Å². The fourth-order valence-corrected chi connectivity index (χ4v) is 4.22. The van der Waals surface area contributed by atoms with Gasteiger partial charge in [-0.15, -0.1) is 0 Å². The maximum absolute atomic E-state index is 10.5. The van der Waals surface area contributed by atoms with Crippen molar-refractivity contribution in [2.24, 2.45) is 5.92 Å². The molecule has 0 aromatic heterocycles. The van der Waals surface area contributed by atoms with Gasteiger partial charge in [-0.05, 0) is 35.6 Å². The predicted octanol–water partition coefficient (Wildman–Crippen LogP) is 3.05. The molecule has 1 saturated heterocycles. The summed E-state index contributed by atoms with van der Waals surface area (Å²) in [6.07, 6.45) is 1.95. The standard InChI is InChI=1S/C19H21NO.C4H4O4/c21-19-16-9-5-4-8-15(16)18-13-20(11-10-17(18)19)12-14-6-2-1-3-7-14;5-3(6)1-2-4(7)8/h1-9,17-19,21H,10-13H2;1-2H,(H,5,6)(H,7,8)/b;2-1-. The second kappa shape index (κ2) is 9.49. The first-order chi connectivity index (χ1) is 14.0. The maximum atomic E-state index is 10.5. The van der Waals surface area contributed by atoms with Crippen LogP contribution < -0.4 is 0 Å². The lowest BCUT2D eigenvalue weighted by atomic mass is 9.85. The Morgan fingerprint density at radius 3 is 2.14 bits per heavy atom. The highest BCUT2D eigenvalue weighted by Gasteiger charge is 2.42. The summed E-state index contributed by atoms with van der Waals surface area (Å²) in [5, 5.41) is 26.2. The van der Waals surface area contributed by atoms with E-state index in [0.717, 1.165) is 31.6 Å². The third-order valence-electron chi connectivity index (χ3n) is 5.49. The molecule has 3 unspecified atom stereocenters. The van der Waals surface area contributed by atoms with Crippen molar-refractivity contribution in [2.75, 3.05) is 13.1 Å². The molecule has 2 aromatic carbocycles. The molecular formula is C23H25NO5. The number of aliphatic carboxylic acids is 2. The molecule has 152 valence electrons. The molecule has 3 atom stereocenters. The number of aliphatic hydroxyl groups is 1. The van der Waals surface area contributed by atoms with Gasteiger partial charge in [0, 0.05) is 31.2 Å². The van der Waals surface area contributed by atoms with E-state index in [4.69, 9.17) is 10.2 Å². The van der Waals surface area contributed by atoms with Crippen molar-refractivity contribution in [1.29, 1.82) is 0 Å². The van der Waals surface area contributed by atoms with Crippen LogP contribution in [-0.4, -0.2) is 45.2 Å². The third-order valence-corrected chi connectivity index (χ3v) is 5.49. The van der Waals surface area contributed by atoms with Crippen molar-refractivity contribution in [1.82, 2.24) is 4.90 Å². The number of likely N-dealkylation sites (tertiary alicyclic amines) is 1. The smallest absolute Gasteiger partial charge is 0.328 e. The Balaban J connectivity index is 0.000000258. The van der Waals surface area contributed by atoms with Gasteiger partial charge in [0.15, 0.2) is 0 Å². The number of carboxylic acids is 2. The minimum absolute atomic E-state index is 0.259. The van der Waals surface area contributed by atoms with Crippen LogP contribution in [0.25, 0.3) is 0 Å². The Morgan fingerprint density at radius 2 is 1.52 bits per heavy atom. The molecule has 0 amide bonds. The molecule has 2 aromatic rings. The first-order valence-electron chi connectivity index (χ1n) is 9.63. The summed E-state index contributed by atoms with van der Waals surface area (Å²) < 4.78 is 0. The van der Waals surface area contributed by atoms with Gasteiger partial charge in [0.25, 0.3) is 0 Å². The molecule has 3 N–H and O–H groups in total. The third kappa shape index (κ3) is 5.31. The number of nitrogens with zero attached hydrogens (tertiary/aromatic N) is 1. The Bertz CT molecular complexity index is 864. The highest BCUT2D eigenvalue weighted by molar-refractivity contribution is 5.89. The van der Waals surface area contributed by atoms with Crippen molar-refractivity contribution in [3.8, 4) is 0 Å². The van der Waals surface area contributed by atoms with E-state index in [2.05, 4.69) is 53.4 Å². The van der Waals surface area contributed by atoms with E-state index in [1.807, 2.05) is 6.07 Å². The monoisotopic (exact) mass is 395 g/mol. The molecule has 1 heterocycles. The van der Waals surface area contributed by atoms with Gasteiger partial charge in [-0.1, -0.05) is 54.6 Å². The molecule has 6 nitrogen and oxygen atoms in total. The van der Waals surface area contributed by atoms with Crippen molar-refractivity contribution in [2.45, 2.75) is 25.0 Å². The SMILES string of the molecule is O=C(O)/C=C\C(=O)O.OC1c2ccccc2C2CN(Cc3ccccc3)CCC12. The van der Waals surface area contributed by atoms with Crippen molar-refractivity contribution >= 4 is 11.9 Å². The second-order valence-electron chi connectivity index (χ2n) is 7.36. The molecule has 0 radical (unpaired) electrons. The Kier molecular flexibility index (Phi) is 6.80.